The summed E-state index contributed by atoms with van der Waals surface area (Å²) in [4.78, 5) is 25.7. The Balaban J connectivity index is 1.83. The number of sulfone groups is 1. The number of anilines is 1. The Morgan fingerprint density at radius 3 is 2.57 bits per heavy atom. The van der Waals surface area contributed by atoms with Crippen molar-refractivity contribution in [1.29, 1.82) is 0 Å². The molecule has 0 spiro atoms. The lowest BCUT2D eigenvalue weighted by atomic mass is 10.1. The summed E-state index contributed by atoms with van der Waals surface area (Å²) in [5, 5.41) is 14.7. The molecule has 1 saturated heterocycles. The van der Waals surface area contributed by atoms with Crippen molar-refractivity contribution < 1.29 is 18.1 Å². The van der Waals surface area contributed by atoms with Crippen LogP contribution in [0, 0.1) is 10.1 Å². The van der Waals surface area contributed by atoms with E-state index >= 15 is 0 Å². The van der Waals surface area contributed by atoms with Gasteiger partial charge in [-0.2, -0.15) is 0 Å². The molecule has 1 amide bonds. The van der Waals surface area contributed by atoms with Crippen LogP contribution in [0.4, 0.5) is 11.4 Å². The van der Waals surface area contributed by atoms with Gasteiger partial charge in [0.05, 0.1) is 16.4 Å². The molecular weight excluding hydrogens is 406 g/mol. The van der Waals surface area contributed by atoms with Gasteiger partial charge in [-0.15, -0.1) is 0 Å². The average molecular weight is 432 g/mol. The van der Waals surface area contributed by atoms with Gasteiger partial charge in [-0.25, -0.2) is 8.42 Å². The summed E-state index contributed by atoms with van der Waals surface area (Å²) >= 11 is 0. The third-order valence-electron chi connectivity index (χ3n) is 5.14. The molecular formula is C21H25N3O5S. The van der Waals surface area contributed by atoms with Gasteiger partial charge in [-0.05, 0) is 30.5 Å². The maximum atomic E-state index is 13.1. The van der Waals surface area contributed by atoms with Gasteiger partial charge >= 0.3 is 0 Å². The lowest BCUT2D eigenvalue weighted by molar-refractivity contribution is -0.384. The first-order chi connectivity index (χ1) is 14.3. The van der Waals surface area contributed by atoms with Crippen LogP contribution in [0.15, 0.2) is 48.5 Å². The molecule has 1 heterocycles. The molecule has 1 N–H and O–H groups in total. The van der Waals surface area contributed by atoms with Crippen molar-refractivity contribution >= 4 is 27.1 Å². The average Bonchev–Trinajstić information content (AvgIpc) is 3.10. The molecule has 2 aromatic carbocycles. The minimum Gasteiger partial charge on any atom is -0.375 e. The van der Waals surface area contributed by atoms with Crippen LogP contribution in [0.25, 0.3) is 0 Å². The first kappa shape index (κ1) is 21.8. The first-order valence-electron chi connectivity index (χ1n) is 9.88. The first-order valence-corrected chi connectivity index (χ1v) is 11.7. The Kier molecular flexibility index (Phi) is 6.71. The molecule has 0 aliphatic carbocycles. The van der Waals surface area contributed by atoms with E-state index in [1.165, 1.54) is 12.1 Å². The van der Waals surface area contributed by atoms with E-state index in [4.69, 9.17) is 0 Å². The number of carbonyl (C=O) groups is 1. The van der Waals surface area contributed by atoms with Gasteiger partial charge in [-0.1, -0.05) is 37.3 Å². The van der Waals surface area contributed by atoms with E-state index in [2.05, 4.69) is 5.32 Å². The van der Waals surface area contributed by atoms with Gasteiger partial charge in [0.25, 0.3) is 11.6 Å². The molecule has 8 nitrogen and oxygen atoms in total. The second-order valence-corrected chi connectivity index (χ2v) is 9.61. The van der Waals surface area contributed by atoms with Crippen LogP contribution in [0.1, 0.15) is 35.7 Å². The largest absolute Gasteiger partial charge is 0.375 e. The molecule has 160 valence electrons. The number of rotatable bonds is 8. The normalized spacial score (nSPS) is 17.4. The molecule has 1 aliphatic heterocycles. The standard InChI is InChI=1S/C21H25N3O5S/c1-2-11-23(18-10-12-30(28,29)15-18)21(25)17-8-9-19(20(13-17)24(26)27)22-14-16-6-4-3-5-7-16/h3-9,13,18,22H,2,10-12,14-15H2,1H3. The highest BCUT2D eigenvalue weighted by molar-refractivity contribution is 7.91. The molecule has 1 unspecified atom stereocenters. The van der Waals surface area contributed by atoms with Crippen molar-refractivity contribution in [2.45, 2.75) is 32.4 Å². The number of carbonyl (C=O) groups excluding carboxylic acids is 1. The Labute approximate surface area is 176 Å². The van der Waals surface area contributed by atoms with E-state index in [-0.39, 0.29) is 28.7 Å². The zero-order valence-electron chi connectivity index (χ0n) is 16.8. The van der Waals surface area contributed by atoms with E-state index in [0.29, 0.717) is 31.6 Å². The van der Waals surface area contributed by atoms with E-state index in [9.17, 15) is 23.3 Å². The minimum absolute atomic E-state index is 0.0580. The molecule has 0 bridgehead atoms. The van der Waals surface area contributed by atoms with Crippen LogP contribution in [-0.2, 0) is 16.4 Å². The summed E-state index contributed by atoms with van der Waals surface area (Å²) in [6, 6.07) is 13.4. The summed E-state index contributed by atoms with van der Waals surface area (Å²) in [5.41, 5.74) is 1.30. The van der Waals surface area contributed by atoms with Crippen molar-refractivity contribution in [3.8, 4) is 0 Å². The number of hydrogen-bond donors (Lipinski definition) is 1. The topological polar surface area (TPSA) is 110 Å². The number of nitro benzene ring substituents is 1. The fraction of sp³-hybridized carbons (Fsp3) is 0.381. The highest BCUT2D eigenvalue weighted by Crippen LogP contribution is 2.28. The summed E-state index contributed by atoms with van der Waals surface area (Å²) in [6.07, 6.45) is 1.06. The fourth-order valence-electron chi connectivity index (χ4n) is 3.64. The predicted octanol–water partition coefficient (Wildman–Crippen LogP) is 3.25. The number of amides is 1. The Bertz CT molecular complexity index is 1020. The molecule has 2 aromatic rings. The molecule has 1 atom stereocenters. The van der Waals surface area contributed by atoms with E-state index < -0.39 is 20.8 Å². The van der Waals surface area contributed by atoms with Crippen molar-refractivity contribution in [3.63, 3.8) is 0 Å². The van der Waals surface area contributed by atoms with E-state index in [0.717, 1.165) is 5.56 Å². The monoisotopic (exact) mass is 431 g/mol. The number of nitro groups is 1. The lowest BCUT2D eigenvalue weighted by Gasteiger charge is -2.28. The van der Waals surface area contributed by atoms with Gasteiger partial charge in [0.2, 0.25) is 0 Å². The van der Waals surface area contributed by atoms with Crippen molar-refractivity contribution in [1.82, 2.24) is 4.90 Å². The van der Waals surface area contributed by atoms with Gasteiger partial charge < -0.3 is 10.2 Å². The second kappa shape index (κ2) is 9.25. The molecule has 1 aliphatic rings. The molecule has 30 heavy (non-hydrogen) atoms. The summed E-state index contributed by atoms with van der Waals surface area (Å²) in [6.45, 7) is 2.72. The summed E-state index contributed by atoms with van der Waals surface area (Å²) in [5.74, 6) is -0.373. The number of nitrogens with zero attached hydrogens (tertiary/aromatic N) is 2. The van der Waals surface area contributed by atoms with Crippen LogP contribution >= 0.6 is 0 Å². The van der Waals surface area contributed by atoms with Gasteiger partial charge in [0.15, 0.2) is 9.84 Å². The van der Waals surface area contributed by atoms with Crippen LogP contribution in [0.5, 0.6) is 0 Å². The zero-order valence-corrected chi connectivity index (χ0v) is 17.6. The van der Waals surface area contributed by atoms with Crippen molar-refractivity contribution in [2.24, 2.45) is 0 Å². The second-order valence-electron chi connectivity index (χ2n) is 7.38. The molecule has 9 heteroatoms. The van der Waals surface area contributed by atoms with Crippen LogP contribution in [0.2, 0.25) is 0 Å². The number of nitrogens with one attached hydrogen (secondary N) is 1. The highest BCUT2D eigenvalue weighted by Gasteiger charge is 2.35. The van der Waals surface area contributed by atoms with E-state index in [1.807, 2.05) is 37.3 Å². The highest BCUT2D eigenvalue weighted by atomic mass is 32.2. The number of hydrogen-bond acceptors (Lipinski definition) is 6. The van der Waals surface area contributed by atoms with Gasteiger partial charge in [0, 0.05) is 30.8 Å². The molecule has 1 fully saturated rings. The van der Waals surface area contributed by atoms with Gasteiger partial charge in [0.1, 0.15) is 5.69 Å². The number of benzene rings is 2. The fourth-order valence-corrected chi connectivity index (χ4v) is 5.37. The Morgan fingerprint density at radius 1 is 1.23 bits per heavy atom. The third-order valence-corrected chi connectivity index (χ3v) is 6.89. The van der Waals surface area contributed by atoms with Crippen LogP contribution < -0.4 is 5.32 Å². The lowest BCUT2D eigenvalue weighted by Crippen LogP contribution is -2.41. The SMILES string of the molecule is CCCN(C(=O)c1ccc(NCc2ccccc2)c([N+](=O)[O-])c1)C1CCS(=O)(=O)C1. The maximum absolute atomic E-state index is 13.1. The molecule has 0 saturated carbocycles. The zero-order chi connectivity index (χ0) is 21.7. The quantitative estimate of drug-likeness (QED) is 0.508. The molecule has 0 aromatic heterocycles. The van der Waals surface area contributed by atoms with Crippen LogP contribution in [-0.4, -0.2) is 48.2 Å². The Morgan fingerprint density at radius 2 is 1.97 bits per heavy atom. The molecule has 0 radical (unpaired) electrons. The molecule has 3 rings (SSSR count). The summed E-state index contributed by atoms with van der Waals surface area (Å²) < 4.78 is 23.7. The van der Waals surface area contributed by atoms with Crippen molar-refractivity contribution in [2.75, 3.05) is 23.4 Å². The van der Waals surface area contributed by atoms with E-state index in [1.54, 1.807) is 11.0 Å². The minimum atomic E-state index is -3.15. The van der Waals surface area contributed by atoms with Gasteiger partial charge in [-0.3, -0.25) is 14.9 Å². The predicted molar refractivity (Wildman–Crippen MR) is 115 cm³/mol. The van der Waals surface area contributed by atoms with Crippen molar-refractivity contribution in [3.05, 3.63) is 69.8 Å². The third kappa shape index (κ3) is 5.15. The Hall–Kier alpha value is -2.94. The maximum Gasteiger partial charge on any atom is 0.293 e. The smallest absolute Gasteiger partial charge is 0.293 e. The van der Waals surface area contributed by atoms with Crippen LogP contribution in [0.3, 0.4) is 0 Å². The summed E-state index contributed by atoms with van der Waals surface area (Å²) in [7, 11) is -3.15.